The molecule has 0 radical (unpaired) electrons. The lowest BCUT2D eigenvalue weighted by Gasteiger charge is -2.19. The van der Waals surface area contributed by atoms with Crippen LogP contribution in [0.3, 0.4) is 0 Å². The second kappa shape index (κ2) is 9.99. The molecule has 0 aliphatic rings. The number of benzene rings is 2. The zero-order chi connectivity index (χ0) is 24.3. The maximum absolute atomic E-state index is 15.1. The van der Waals surface area contributed by atoms with Gasteiger partial charge in [-0.3, -0.25) is 9.78 Å². The number of carbonyl (C=O) groups excluding carboxylic acids is 1. The number of aromatic amines is 1. The first kappa shape index (κ1) is 24.2. The van der Waals surface area contributed by atoms with E-state index in [1.807, 2.05) is 45.9 Å². The van der Waals surface area contributed by atoms with Crippen LogP contribution in [0.15, 0.2) is 35.1 Å². The first-order valence-corrected chi connectivity index (χ1v) is 10.9. The minimum atomic E-state index is -1.04. The smallest absolute Gasteiger partial charge is 0.348 e. The van der Waals surface area contributed by atoms with E-state index in [1.165, 1.54) is 13.0 Å². The van der Waals surface area contributed by atoms with Crippen molar-refractivity contribution in [2.24, 2.45) is 0 Å². The molecular formula is C24H29FN4O4. The second-order valence-corrected chi connectivity index (χ2v) is 8.14. The number of hydrogen-bond donors (Lipinski definition) is 3. The van der Waals surface area contributed by atoms with Crippen LogP contribution in [0.25, 0.3) is 5.69 Å². The molecule has 0 aliphatic carbocycles. The Morgan fingerprint density at radius 1 is 1.27 bits per heavy atom. The molecule has 2 aromatic carbocycles. The number of aryl methyl sites for hydroxylation is 2. The lowest BCUT2D eigenvalue weighted by molar-refractivity contribution is 0.101. The van der Waals surface area contributed by atoms with Crippen molar-refractivity contribution in [3.63, 3.8) is 0 Å². The van der Waals surface area contributed by atoms with Gasteiger partial charge < -0.3 is 15.2 Å². The van der Waals surface area contributed by atoms with Crippen LogP contribution in [0.5, 0.6) is 5.75 Å². The Morgan fingerprint density at radius 3 is 2.52 bits per heavy atom. The molecule has 8 nitrogen and oxygen atoms in total. The average molecular weight is 457 g/mol. The molecule has 0 spiro atoms. The van der Waals surface area contributed by atoms with E-state index in [1.54, 1.807) is 0 Å². The van der Waals surface area contributed by atoms with Crippen molar-refractivity contribution >= 4 is 11.6 Å². The number of amides is 1. The molecule has 1 heterocycles. The topological polar surface area (TPSA) is 109 Å². The van der Waals surface area contributed by atoms with E-state index in [0.29, 0.717) is 5.69 Å². The van der Waals surface area contributed by atoms with Crippen LogP contribution in [0.2, 0.25) is 0 Å². The summed E-state index contributed by atoms with van der Waals surface area (Å²) in [6.45, 7) is 9.03. The zero-order valence-corrected chi connectivity index (χ0v) is 19.4. The molecule has 3 rings (SSSR count). The fourth-order valence-electron chi connectivity index (χ4n) is 3.55. The third-order valence-corrected chi connectivity index (χ3v) is 5.30. The first-order chi connectivity index (χ1) is 15.6. The molecule has 0 bridgehead atoms. The predicted molar refractivity (Wildman–Crippen MR) is 124 cm³/mol. The van der Waals surface area contributed by atoms with Gasteiger partial charge in [-0.05, 0) is 51.3 Å². The van der Waals surface area contributed by atoms with Gasteiger partial charge in [0, 0.05) is 11.8 Å². The van der Waals surface area contributed by atoms with Gasteiger partial charge in [0.1, 0.15) is 23.4 Å². The Morgan fingerprint density at radius 2 is 1.94 bits per heavy atom. The number of aliphatic hydroxyl groups excluding tert-OH is 1. The van der Waals surface area contributed by atoms with Crippen LogP contribution in [0, 0.1) is 19.7 Å². The van der Waals surface area contributed by atoms with Crippen molar-refractivity contribution in [3.05, 3.63) is 69.1 Å². The van der Waals surface area contributed by atoms with E-state index in [9.17, 15) is 14.7 Å². The fraction of sp³-hybridized carbons (Fsp3) is 0.375. The van der Waals surface area contributed by atoms with E-state index < -0.39 is 23.5 Å². The van der Waals surface area contributed by atoms with Gasteiger partial charge in [0.05, 0.1) is 11.7 Å². The molecule has 0 aliphatic heterocycles. The highest BCUT2D eigenvalue weighted by atomic mass is 19.1. The van der Waals surface area contributed by atoms with Crippen molar-refractivity contribution in [1.82, 2.24) is 14.8 Å². The number of nitrogens with one attached hydrogen (secondary N) is 2. The highest BCUT2D eigenvalue weighted by Gasteiger charge is 2.23. The summed E-state index contributed by atoms with van der Waals surface area (Å²) in [5.74, 6) is -1.24. The lowest BCUT2D eigenvalue weighted by Crippen LogP contribution is -2.21. The summed E-state index contributed by atoms with van der Waals surface area (Å²) >= 11 is 0. The van der Waals surface area contributed by atoms with Crippen LogP contribution in [-0.4, -0.2) is 31.9 Å². The van der Waals surface area contributed by atoms with Crippen molar-refractivity contribution in [1.29, 1.82) is 0 Å². The van der Waals surface area contributed by atoms with Crippen LogP contribution in [-0.2, 0) is 0 Å². The third kappa shape index (κ3) is 5.31. The minimum absolute atomic E-state index is 0.00110. The number of ether oxygens (including phenoxy) is 1. The zero-order valence-electron chi connectivity index (χ0n) is 19.4. The molecule has 2 atom stereocenters. The molecule has 0 saturated carbocycles. The summed E-state index contributed by atoms with van der Waals surface area (Å²) in [6.07, 6.45) is 0.295. The molecule has 1 amide bonds. The average Bonchev–Trinajstić information content (AvgIpc) is 3.13. The van der Waals surface area contributed by atoms with Gasteiger partial charge in [-0.2, -0.15) is 4.68 Å². The normalized spacial score (nSPS) is 12.9. The standard InChI is InChI=1S/C24H29FN4O4/c1-6-8-15(4)33-20-12-19(29-24(32)27-22(28-29)16(5)30)18(25)11-17(20)23(31)26-21-13(2)9-7-10-14(21)3/h7,9-12,15-16,30H,6,8H2,1-5H3,(H,26,31)(H,27,28,32)/t15-,16?/m1/s1. The summed E-state index contributed by atoms with van der Waals surface area (Å²) in [5.41, 5.74) is 1.48. The Balaban J connectivity index is 2.08. The Kier molecular flexibility index (Phi) is 7.33. The lowest BCUT2D eigenvalue weighted by atomic mass is 10.1. The van der Waals surface area contributed by atoms with Crippen molar-refractivity contribution in [2.75, 3.05) is 5.32 Å². The number of halogens is 1. The first-order valence-electron chi connectivity index (χ1n) is 10.9. The van der Waals surface area contributed by atoms with E-state index in [2.05, 4.69) is 15.4 Å². The number of H-pyrrole nitrogens is 1. The molecule has 33 heavy (non-hydrogen) atoms. The number of aliphatic hydroxyl groups is 1. The number of para-hydroxylation sites is 1. The van der Waals surface area contributed by atoms with Crippen molar-refractivity contribution in [3.8, 4) is 11.4 Å². The largest absolute Gasteiger partial charge is 0.490 e. The van der Waals surface area contributed by atoms with E-state index in [-0.39, 0.29) is 28.9 Å². The molecule has 3 N–H and O–H groups in total. The van der Waals surface area contributed by atoms with E-state index >= 15 is 4.39 Å². The molecule has 176 valence electrons. The molecule has 1 aromatic heterocycles. The summed E-state index contributed by atoms with van der Waals surface area (Å²) < 4.78 is 21.9. The molecule has 9 heteroatoms. The number of rotatable bonds is 8. The minimum Gasteiger partial charge on any atom is -0.490 e. The number of hydrogen-bond acceptors (Lipinski definition) is 5. The van der Waals surface area contributed by atoms with Crippen LogP contribution >= 0.6 is 0 Å². The highest BCUT2D eigenvalue weighted by molar-refractivity contribution is 6.07. The van der Waals surface area contributed by atoms with E-state index in [0.717, 1.165) is 34.7 Å². The maximum Gasteiger partial charge on any atom is 0.348 e. The highest BCUT2D eigenvalue weighted by Crippen LogP contribution is 2.29. The number of nitrogens with zero attached hydrogens (tertiary/aromatic N) is 2. The summed E-state index contributed by atoms with van der Waals surface area (Å²) in [6, 6.07) is 7.96. The Bertz CT molecular complexity index is 1200. The van der Waals surface area contributed by atoms with Gasteiger partial charge >= 0.3 is 5.69 Å². The van der Waals surface area contributed by atoms with E-state index in [4.69, 9.17) is 4.74 Å². The Hall–Kier alpha value is -3.46. The van der Waals surface area contributed by atoms with Gasteiger partial charge in [-0.1, -0.05) is 31.5 Å². The van der Waals surface area contributed by atoms with Gasteiger partial charge in [-0.25, -0.2) is 9.18 Å². The van der Waals surface area contributed by atoms with Crippen molar-refractivity contribution < 1.29 is 19.0 Å². The summed E-state index contributed by atoms with van der Waals surface area (Å²) in [5, 5.41) is 16.5. The second-order valence-electron chi connectivity index (χ2n) is 8.14. The molecule has 3 aromatic rings. The Labute approximate surface area is 191 Å². The quantitative estimate of drug-likeness (QED) is 0.471. The van der Waals surface area contributed by atoms with Crippen LogP contribution < -0.4 is 15.7 Å². The van der Waals surface area contributed by atoms with Crippen LogP contribution in [0.1, 0.15) is 67.0 Å². The third-order valence-electron chi connectivity index (χ3n) is 5.30. The maximum atomic E-state index is 15.1. The summed E-state index contributed by atoms with van der Waals surface area (Å²) in [4.78, 5) is 27.9. The van der Waals surface area contributed by atoms with Crippen LogP contribution in [0.4, 0.5) is 10.1 Å². The SMILES string of the molecule is CCC[C@@H](C)Oc1cc(-n2nc(C(C)O)[nH]c2=O)c(F)cc1C(=O)Nc1c(C)cccc1C. The van der Waals surface area contributed by atoms with Gasteiger partial charge in [0.2, 0.25) is 0 Å². The van der Waals surface area contributed by atoms with Gasteiger partial charge in [-0.15, -0.1) is 5.10 Å². The predicted octanol–water partition coefficient (Wildman–Crippen LogP) is 4.19. The van der Waals surface area contributed by atoms with Crippen molar-refractivity contribution in [2.45, 2.75) is 59.7 Å². The molecule has 0 fully saturated rings. The van der Waals surface area contributed by atoms with Gasteiger partial charge in [0.15, 0.2) is 5.82 Å². The molecule has 0 saturated heterocycles. The molecular weight excluding hydrogens is 427 g/mol. The van der Waals surface area contributed by atoms with Gasteiger partial charge in [0.25, 0.3) is 5.91 Å². The monoisotopic (exact) mass is 456 g/mol. The fourth-order valence-corrected chi connectivity index (χ4v) is 3.55. The number of anilines is 1. The number of aromatic nitrogens is 3. The number of carbonyl (C=O) groups is 1. The molecule has 1 unspecified atom stereocenters. The summed E-state index contributed by atoms with van der Waals surface area (Å²) in [7, 11) is 0.